The maximum atomic E-state index is 10.8. The zero-order chi connectivity index (χ0) is 7.99. The van der Waals surface area contributed by atoms with Gasteiger partial charge in [-0.1, -0.05) is 0 Å². The quantitative estimate of drug-likeness (QED) is 0.521. The largest absolute Gasteiger partial charge is 0.394 e. The Balaban J connectivity index is 2.71. The molecule has 0 unspecified atom stereocenters. The van der Waals surface area contributed by atoms with E-state index in [0.717, 1.165) is 6.26 Å². The van der Waals surface area contributed by atoms with Gasteiger partial charge in [-0.25, -0.2) is 8.42 Å². The second kappa shape index (κ2) is 1.93. The predicted octanol–water partition coefficient (Wildman–Crippen LogP) is -1.51. The summed E-state index contributed by atoms with van der Waals surface area (Å²) in [6.45, 7) is -0.245. The van der Waals surface area contributed by atoms with E-state index < -0.39 is 20.6 Å². The molecule has 1 aliphatic rings. The molecular formula is C5H11NO3S. The minimum atomic E-state index is -3.03. The van der Waals surface area contributed by atoms with Crippen molar-refractivity contribution in [2.75, 3.05) is 12.9 Å². The Morgan fingerprint density at radius 1 is 1.80 bits per heavy atom. The lowest BCUT2D eigenvalue weighted by Gasteiger charge is -2.03. The Morgan fingerprint density at radius 2 is 2.30 bits per heavy atom. The van der Waals surface area contributed by atoms with Crippen LogP contribution in [0.4, 0.5) is 0 Å². The number of aliphatic hydroxyl groups is 1. The third-order valence-electron chi connectivity index (χ3n) is 1.86. The molecule has 2 atom stereocenters. The summed E-state index contributed by atoms with van der Waals surface area (Å²) >= 11 is 0. The molecule has 0 saturated heterocycles. The highest BCUT2D eigenvalue weighted by atomic mass is 32.2. The van der Waals surface area contributed by atoms with E-state index in [9.17, 15) is 8.42 Å². The SMILES string of the molecule is CS(=O)(=O)[C@H]1C[C@@]1(N)CO. The summed E-state index contributed by atoms with van der Waals surface area (Å²) < 4.78 is 21.6. The third kappa shape index (κ3) is 1.16. The molecule has 0 aromatic heterocycles. The molecule has 5 heteroatoms. The third-order valence-corrected chi connectivity index (χ3v) is 3.53. The van der Waals surface area contributed by atoms with Crippen molar-refractivity contribution >= 4 is 9.84 Å². The molecule has 0 radical (unpaired) electrons. The summed E-state index contributed by atoms with van der Waals surface area (Å²) in [6, 6.07) is 0. The van der Waals surface area contributed by atoms with Crippen molar-refractivity contribution < 1.29 is 13.5 Å². The van der Waals surface area contributed by atoms with E-state index in [2.05, 4.69) is 0 Å². The van der Waals surface area contributed by atoms with Crippen molar-refractivity contribution in [2.24, 2.45) is 5.73 Å². The van der Waals surface area contributed by atoms with Gasteiger partial charge in [0, 0.05) is 6.26 Å². The zero-order valence-corrected chi connectivity index (χ0v) is 6.56. The molecule has 1 fully saturated rings. The van der Waals surface area contributed by atoms with Gasteiger partial charge in [0.25, 0.3) is 0 Å². The van der Waals surface area contributed by atoms with Gasteiger partial charge in [-0.15, -0.1) is 0 Å². The minimum Gasteiger partial charge on any atom is -0.394 e. The first-order valence-electron chi connectivity index (χ1n) is 2.99. The zero-order valence-electron chi connectivity index (χ0n) is 5.74. The van der Waals surface area contributed by atoms with E-state index >= 15 is 0 Å². The summed E-state index contributed by atoms with van der Waals surface area (Å²) in [7, 11) is -3.03. The van der Waals surface area contributed by atoms with Crippen molar-refractivity contribution in [2.45, 2.75) is 17.2 Å². The predicted molar refractivity (Wildman–Crippen MR) is 37.3 cm³/mol. The summed E-state index contributed by atoms with van der Waals surface area (Å²) in [5.41, 5.74) is 4.61. The van der Waals surface area contributed by atoms with E-state index in [4.69, 9.17) is 10.8 Å². The summed E-state index contributed by atoms with van der Waals surface area (Å²) in [4.78, 5) is 0. The number of aliphatic hydroxyl groups excluding tert-OH is 1. The van der Waals surface area contributed by atoms with Crippen LogP contribution in [0.1, 0.15) is 6.42 Å². The van der Waals surface area contributed by atoms with Gasteiger partial charge in [0.1, 0.15) is 0 Å². The molecule has 0 aromatic rings. The number of nitrogens with two attached hydrogens (primary N) is 1. The van der Waals surface area contributed by atoms with Gasteiger partial charge in [-0.3, -0.25) is 0 Å². The van der Waals surface area contributed by atoms with Crippen LogP contribution in [0.15, 0.2) is 0 Å². The maximum Gasteiger partial charge on any atom is 0.152 e. The lowest BCUT2D eigenvalue weighted by molar-refractivity contribution is 0.257. The molecule has 0 amide bonds. The first-order valence-corrected chi connectivity index (χ1v) is 4.94. The van der Waals surface area contributed by atoms with Crippen LogP contribution in [0.5, 0.6) is 0 Å². The van der Waals surface area contributed by atoms with Crippen molar-refractivity contribution in [1.29, 1.82) is 0 Å². The first-order chi connectivity index (χ1) is 4.40. The Kier molecular flexibility index (Phi) is 1.54. The van der Waals surface area contributed by atoms with Crippen LogP contribution in [-0.2, 0) is 9.84 Å². The summed E-state index contributed by atoms with van der Waals surface area (Å²) in [5.74, 6) is 0. The second-order valence-electron chi connectivity index (χ2n) is 2.91. The number of hydrogen-bond donors (Lipinski definition) is 2. The van der Waals surface area contributed by atoms with Gasteiger partial charge in [0.2, 0.25) is 0 Å². The summed E-state index contributed by atoms with van der Waals surface area (Å²) in [6.07, 6.45) is 1.53. The average Bonchev–Trinajstić information content (AvgIpc) is 2.43. The van der Waals surface area contributed by atoms with E-state index in [1.54, 1.807) is 0 Å². The molecule has 10 heavy (non-hydrogen) atoms. The highest BCUT2D eigenvalue weighted by Crippen LogP contribution is 2.38. The number of hydrogen-bond acceptors (Lipinski definition) is 4. The fourth-order valence-corrected chi connectivity index (χ4v) is 2.57. The first kappa shape index (κ1) is 7.97. The van der Waals surface area contributed by atoms with Gasteiger partial charge in [-0.2, -0.15) is 0 Å². The molecule has 0 aliphatic heterocycles. The van der Waals surface area contributed by atoms with Crippen molar-refractivity contribution in [3.05, 3.63) is 0 Å². The molecule has 0 heterocycles. The Labute approximate surface area is 60.0 Å². The Bertz CT molecular complexity index is 235. The highest BCUT2D eigenvalue weighted by Gasteiger charge is 2.56. The van der Waals surface area contributed by atoms with Gasteiger partial charge < -0.3 is 10.8 Å². The van der Waals surface area contributed by atoms with Crippen LogP contribution in [-0.4, -0.2) is 37.2 Å². The number of sulfone groups is 1. The van der Waals surface area contributed by atoms with E-state index in [1.807, 2.05) is 0 Å². The van der Waals surface area contributed by atoms with E-state index in [0.29, 0.717) is 6.42 Å². The highest BCUT2D eigenvalue weighted by molar-refractivity contribution is 7.91. The molecule has 0 bridgehead atoms. The van der Waals surface area contributed by atoms with E-state index in [-0.39, 0.29) is 6.61 Å². The fourth-order valence-electron chi connectivity index (χ4n) is 1.03. The van der Waals surface area contributed by atoms with Crippen LogP contribution in [0.2, 0.25) is 0 Å². The lowest BCUT2D eigenvalue weighted by Crippen LogP contribution is -2.33. The Hall–Kier alpha value is -0.130. The monoisotopic (exact) mass is 165 g/mol. The van der Waals surface area contributed by atoms with Crippen LogP contribution in [0.25, 0.3) is 0 Å². The van der Waals surface area contributed by atoms with Crippen LogP contribution in [0.3, 0.4) is 0 Å². The molecule has 1 saturated carbocycles. The van der Waals surface area contributed by atoms with Crippen LogP contribution in [0, 0.1) is 0 Å². The molecule has 1 rings (SSSR count). The second-order valence-corrected chi connectivity index (χ2v) is 5.14. The molecule has 0 aromatic carbocycles. The molecule has 3 N–H and O–H groups in total. The minimum absolute atomic E-state index is 0.245. The number of rotatable bonds is 2. The average molecular weight is 165 g/mol. The Morgan fingerprint density at radius 3 is 2.40 bits per heavy atom. The van der Waals surface area contributed by atoms with Crippen molar-refractivity contribution in [1.82, 2.24) is 0 Å². The topological polar surface area (TPSA) is 80.4 Å². The smallest absolute Gasteiger partial charge is 0.152 e. The standard InChI is InChI=1S/C5H11NO3S/c1-10(8,9)4-2-5(4,6)3-7/h4,7H,2-3,6H2,1H3/t4-,5+/m0/s1. The molecule has 60 valence electrons. The lowest BCUT2D eigenvalue weighted by atomic mass is 10.3. The molecule has 4 nitrogen and oxygen atoms in total. The van der Waals surface area contributed by atoms with Gasteiger partial charge in [0.05, 0.1) is 17.4 Å². The summed E-state index contributed by atoms with van der Waals surface area (Å²) in [5, 5.41) is 8.09. The molecular weight excluding hydrogens is 154 g/mol. The van der Waals surface area contributed by atoms with Gasteiger partial charge in [0.15, 0.2) is 9.84 Å². The van der Waals surface area contributed by atoms with Gasteiger partial charge >= 0.3 is 0 Å². The maximum absolute atomic E-state index is 10.8. The fraction of sp³-hybridized carbons (Fsp3) is 1.00. The van der Waals surface area contributed by atoms with Crippen molar-refractivity contribution in [3.8, 4) is 0 Å². The molecule has 0 spiro atoms. The van der Waals surface area contributed by atoms with Crippen LogP contribution >= 0.6 is 0 Å². The van der Waals surface area contributed by atoms with Crippen LogP contribution < -0.4 is 5.73 Å². The normalized spacial score (nSPS) is 39.7. The molecule has 1 aliphatic carbocycles. The van der Waals surface area contributed by atoms with Gasteiger partial charge in [-0.05, 0) is 6.42 Å². The van der Waals surface area contributed by atoms with E-state index in [1.165, 1.54) is 0 Å². The van der Waals surface area contributed by atoms with Crippen molar-refractivity contribution in [3.63, 3.8) is 0 Å².